The minimum absolute atomic E-state index is 0.156. The van der Waals surface area contributed by atoms with Gasteiger partial charge < -0.3 is 4.98 Å². The molecular weight excluding hydrogens is 435 g/mol. The Bertz CT molecular complexity index is 1280. The highest BCUT2D eigenvalue weighted by atomic mass is 35.5. The van der Waals surface area contributed by atoms with E-state index < -0.39 is 0 Å². The molecule has 0 amide bonds. The Balaban J connectivity index is 1.82. The number of aryl methyl sites for hydroxylation is 2. The second kappa shape index (κ2) is 7.53. The zero-order valence-corrected chi connectivity index (χ0v) is 18.2. The molecule has 2 aromatic heterocycles. The van der Waals surface area contributed by atoms with Crippen molar-refractivity contribution in [2.45, 2.75) is 20.3 Å². The molecule has 0 aliphatic rings. The van der Waals surface area contributed by atoms with Gasteiger partial charge in [0.25, 0.3) is 5.56 Å². The highest BCUT2D eigenvalue weighted by molar-refractivity contribution is 7.19. The lowest BCUT2D eigenvalue weighted by atomic mass is 10.0. The summed E-state index contributed by atoms with van der Waals surface area (Å²) in [6, 6.07) is 11.1. The fourth-order valence-electron chi connectivity index (χ4n) is 3.24. The van der Waals surface area contributed by atoms with Crippen molar-refractivity contribution in [3.63, 3.8) is 0 Å². The fourth-order valence-corrected chi connectivity index (χ4v) is 4.90. The van der Waals surface area contributed by atoms with Crippen molar-refractivity contribution in [2.24, 2.45) is 0 Å². The third-order valence-corrected chi connectivity index (χ3v) is 6.62. The Kier molecular flexibility index (Phi) is 5.23. The Morgan fingerprint density at radius 1 is 1.04 bits per heavy atom. The number of aromatic amines is 1. The first-order valence-electron chi connectivity index (χ1n) is 8.56. The minimum atomic E-state index is -0.156. The number of aromatic nitrogens is 2. The molecule has 4 rings (SSSR count). The topological polar surface area (TPSA) is 45.8 Å². The Labute approximate surface area is 180 Å². The van der Waals surface area contributed by atoms with Crippen molar-refractivity contribution in [1.29, 1.82) is 0 Å². The van der Waals surface area contributed by atoms with E-state index in [1.807, 2.05) is 38.1 Å². The maximum Gasteiger partial charge on any atom is 0.260 e. The van der Waals surface area contributed by atoms with Gasteiger partial charge in [0.2, 0.25) is 0 Å². The molecular formula is C21H15Cl3N2OS. The second-order valence-corrected chi connectivity index (χ2v) is 9.06. The summed E-state index contributed by atoms with van der Waals surface area (Å²) in [6.45, 7) is 3.95. The third kappa shape index (κ3) is 3.58. The van der Waals surface area contributed by atoms with Gasteiger partial charge in [0.15, 0.2) is 0 Å². The van der Waals surface area contributed by atoms with Gasteiger partial charge in [0, 0.05) is 31.9 Å². The Morgan fingerprint density at radius 2 is 1.82 bits per heavy atom. The number of fused-ring (bicyclic) bond motifs is 1. The van der Waals surface area contributed by atoms with Crippen molar-refractivity contribution in [3.05, 3.63) is 83.6 Å². The van der Waals surface area contributed by atoms with Crippen LogP contribution in [0.15, 0.2) is 41.2 Å². The molecule has 2 aromatic carbocycles. The van der Waals surface area contributed by atoms with Crippen LogP contribution >= 0.6 is 46.1 Å². The van der Waals surface area contributed by atoms with Crippen LogP contribution in [0, 0.1) is 13.8 Å². The van der Waals surface area contributed by atoms with Crippen molar-refractivity contribution < 1.29 is 0 Å². The molecule has 28 heavy (non-hydrogen) atoms. The molecule has 4 aromatic rings. The standard InChI is InChI=1S/C21H15Cl3N2OS/c1-10-7-13(4-6-15(10)23)18-11(2)28-21-19(18)20(27)25-17(26-21)8-12-3-5-14(22)9-16(12)24/h3-7,9H,8H2,1-2H3,(H,25,26,27). The van der Waals surface area contributed by atoms with E-state index in [1.54, 1.807) is 12.1 Å². The highest BCUT2D eigenvalue weighted by Crippen LogP contribution is 2.37. The first-order chi connectivity index (χ1) is 13.3. The number of benzene rings is 2. The number of thiophene rings is 1. The van der Waals surface area contributed by atoms with Crippen molar-refractivity contribution >= 4 is 56.4 Å². The summed E-state index contributed by atoms with van der Waals surface area (Å²) in [5.74, 6) is 0.571. The van der Waals surface area contributed by atoms with Gasteiger partial charge in [-0.2, -0.15) is 0 Å². The van der Waals surface area contributed by atoms with Crippen LogP contribution in [0.1, 0.15) is 21.8 Å². The molecule has 2 heterocycles. The number of hydrogen-bond acceptors (Lipinski definition) is 3. The average Bonchev–Trinajstić information content (AvgIpc) is 2.96. The summed E-state index contributed by atoms with van der Waals surface area (Å²) < 4.78 is 0. The molecule has 0 fully saturated rings. The largest absolute Gasteiger partial charge is 0.310 e. The van der Waals surface area contributed by atoms with Crippen LogP contribution in [0.4, 0.5) is 0 Å². The van der Waals surface area contributed by atoms with Gasteiger partial charge in [0.05, 0.1) is 5.39 Å². The summed E-state index contributed by atoms with van der Waals surface area (Å²) >= 11 is 19.9. The zero-order chi connectivity index (χ0) is 20.0. The lowest BCUT2D eigenvalue weighted by molar-refractivity contribution is 0.977. The van der Waals surface area contributed by atoms with Crippen molar-refractivity contribution in [1.82, 2.24) is 9.97 Å². The van der Waals surface area contributed by atoms with E-state index in [9.17, 15) is 4.79 Å². The van der Waals surface area contributed by atoms with E-state index >= 15 is 0 Å². The van der Waals surface area contributed by atoms with Gasteiger partial charge in [-0.05, 0) is 54.8 Å². The quantitative estimate of drug-likeness (QED) is 0.373. The first-order valence-corrected chi connectivity index (χ1v) is 10.5. The number of halogens is 3. The van der Waals surface area contributed by atoms with E-state index in [0.29, 0.717) is 37.5 Å². The van der Waals surface area contributed by atoms with Crippen LogP contribution in [0.2, 0.25) is 15.1 Å². The molecule has 0 aliphatic carbocycles. The number of nitrogens with one attached hydrogen (secondary N) is 1. The van der Waals surface area contributed by atoms with Crippen LogP contribution in [0.5, 0.6) is 0 Å². The molecule has 0 saturated heterocycles. The Hall–Kier alpha value is -1.85. The molecule has 0 saturated carbocycles. The maximum absolute atomic E-state index is 12.9. The van der Waals surface area contributed by atoms with Gasteiger partial charge in [-0.15, -0.1) is 11.3 Å². The number of nitrogens with zero attached hydrogens (tertiary/aromatic N) is 1. The summed E-state index contributed by atoms with van der Waals surface area (Å²) in [5, 5.41) is 2.43. The zero-order valence-electron chi connectivity index (χ0n) is 15.1. The van der Waals surface area contributed by atoms with Gasteiger partial charge in [0.1, 0.15) is 10.7 Å². The van der Waals surface area contributed by atoms with Crippen LogP contribution in [0.25, 0.3) is 21.3 Å². The van der Waals surface area contributed by atoms with E-state index in [-0.39, 0.29) is 5.56 Å². The smallest absolute Gasteiger partial charge is 0.260 e. The second-order valence-electron chi connectivity index (χ2n) is 6.60. The molecule has 0 bridgehead atoms. The average molecular weight is 450 g/mol. The Morgan fingerprint density at radius 3 is 2.54 bits per heavy atom. The van der Waals surface area contributed by atoms with Crippen LogP contribution in [-0.4, -0.2) is 9.97 Å². The molecule has 0 unspecified atom stereocenters. The van der Waals surface area contributed by atoms with Crippen molar-refractivity contribution in [3.8, 4) is 11.1 Å². The molecule has 7 heteroatoms. The molecule has 142 valence electrons. The lowest BCUT2D eigenvalue weighted by Crippen LogP contribution is -2.12. The molecule has 3 nitrogen and oxygen atoms in total. The number of hydrogen-bond donors (Lipinski definition) is 1. The summed E-state index contributed by atoms with van der Waals surface area (Å²) in [7, 11) is 0. The molecule has 0 atom stereocenters. The van der Waals surface area contributed by atoms with E-state index in [0.717, 1.165) is 27.1 Å². The summed E-state index contributed by atoms with van der Waals surface area (Å²) in [5.41, 5.74) is 3.54. The summed E-state index contributed by atoms with van der Waals surface area (Å²) in [4.78, 5) is 22.3. The molecule has 0 spiro atoms. The fraction of sp³-hybridized carbons (Fsp3) is 0.143. The van der Waals surface area contributed by atoms with Gasteiger partial charge in [-0.3, -0.25) is 4.79 Å². The lowest BCUT2D eigenvalue weighted by Gasteiger charge is -2.06. The number of rotatable bonds is 3. The summed E-state index contributed by atoms with van der Waals surface area (Å²) in [6.07, 6.45) is 0.424. The minimum Gasteiger partial charge on any atom is -0.310 e. The normalized spacial score (nSPS) is 11.3. The monoisotopic (exact) mass is 448 g/mol. The number of H-pyrrole nitrogens is 1. The molecule has 1 N–H and O–H groups in total. The molecule has 0 aliphatic heterocycles. The van der Waals surface area contributed by atoms with E-state index in [4.69, 9.17) is 34.8 Å². The predicted molar refractivity (Wildman–Crippen MR) is 119 cm³/mol. The van der Waals surface area contributed by atoms with Crippen LogP contribution in [0.3, 0.4) is 0 Å². The third-order valence-electron chi connectivity index (χ3n) is 4.61. The highest BCUT2D eigenvalue weighted by Gasteiger charge is 2.17. The predicted octanol–water partition coefficient (Wildman–Crippen LogP) is 6.82. The van der Waals surface area contributed by atoms with Gasteiger partial charge >= 0.3 is 0 Å². The van der Waals surface area contributed by atoms with E-state index in [2.05, 4.69) is 9.97 Å². The SMILES string of the molecule is Cc1cc(-c2c(C)sc3nc(Cc4ccc(Cl)cc4Cl)[nH]c(=O)c23)ccc1Cl. The first kappa shape index (κ1) is 19.5. The van der Waals surface area contributed by atoms with Crippen molar-refractivity contribution in [2.75, 3.05) is 0 Å². The maximum atomic E-state index is 12.9. The van der Waals surface area contributed by atoms with Gasteiger partial charge in [-0.25, -0.2) is 4.98 Å². The van der Waals surface area contributed by atoms with Crippen LogP contribution in [-0.2, 0) is 6.42 Å². The molecule has 0 radical (unpaired) electrons. The van der Waals surface area contributed by atoms with E-state index in [1.165, 1.54) is 11.3 Å². The van der Waals surface area contributed by atoms with Crippen LogP contribution < -0.4 is 5.56 Å². The van der Waals surface area contributed by atoms with Gasteiger partial charge in [-0.1, -0.05) is 46.9 Å².